The van der Waals surface area contributed by atoms with Gasteiger partial charge in [-0.15, -0.1) is 0 Å². The summed E-state index contributed by atoms with van der Waals surface area (Å²) in [7, 11) is -3.54. The van der Waals surface area contributed by atoms with E-state index in [1.165, 1.54) is 6.92 Å². The van der Waals surface area contributed by atoms with Gasteiger partial charge in [-0.2, -0.15) is 0 Å². The van der Waals surface area contributed by atoms with E-state index in [0.29, 0.717) is 19.0 Å². The third-order valence-corrected chi connectivity index (χ3v) is 5.48. The molecule has 0 aliphatic heterocycles. The number of benzene rings is 1. The molecule has 1 rings (SSSR count). The first kappa shape index (κ1) is 20.6. The number of amides is 1. The van der Waals surface area contributed by atoms with Gasteiger partial charge in [0.1, 0.15) is 0 Å². The minimum atomic E-state index is -3.54. The second-order valence-electron chi connectivity index (χ2n) is 6.33. The van der Waals surface area contributed by atoms with Gasteiger partial charge in [0.25, 0.3) is 0 Å². The van der Waals surface area contributed by atoms with E-state index in [1.807, 2.05) is 12.1 Å². The number of nitrogens with zero attached hydrogens (tertiary/aromatic N) is 1. The maximum atomic E-state index is 12.3. The van der Waals surface area contributed by atoms with Gasteiger partial charge >= 0.3 is 0 Å². The molecule has 136 valence electrons. The van der Waals surface area contributed by atoms with E-state index in [1.54, 1.807) is 17.0 Å². The maximum absolute atomic E-state index is 12.3. The average molecular weight is 355 g/mol. The second-order valence-corrected chi connectivity index (χ2v) is 8.10. The number of nitrogens with one attached hydrogen (secondary N) is 1. The van der Waals surface area contributed by atoms with Crippen molar-refractivity contribution in [2.24, 2.45) is 0 Å². The molecule has 0 radical (unpaired) electrons. The molecule has 0 saturated heterocycles. The normalized spacial score (nSPS) is 11.7. The van der Waals surface area contributed by atoms with Crippen LogP contribution in [0.2, 0.25) is 0 Å². The van der Waals surface area contributed by atoms with E-state index in [-0.39, 0.29) is 17.3 Å². The molecule has 1 amide bonds. The second kappa shape index (κ2) is 9.79. The Kier molecular flexibility index (Phi) is 8.42. The zero-order chi connectivity index (χ0) is 18.2. The number of carbonyl (C=O) groups is 1. The molecule has 5 nitrogen and oxygen atoms in total. The molecule has 0 aliphatic carbocycles. The Bertz CT molecular complexity index is 610. The molecule has 0 heterocycles. The topological polar surface area (TPSA) is 66.5 Å². The van der Waals surface area contributed by atoms with Crippen molar-refractivity contribution in [3.05, 3.63) is 29.8 Å². The molecule has 6 heteroatoms. The maximum Gasteiger partial charge on any atom is 0.240 e. The van der Waals surface area contributed by atoms with Crippen LogP contribution in [0.5, 0.6) is 0 Å². The van der Waals surface area contributed by atoms with Crippen molar-refractivity contribution in [3.63, 3.8) is 0 Å². The summed E-state index contributed by atoms with van der Waals surface area (Å²) in [4.78, 5) is 13.6. The van der Waals surface area contributed by atoms with Crippen LogP contribution in [-0.2, 0) is 14.8 Å². The van der Waals surface area contributed by atoms with Gasteiger partial charge in [-0.3, -0.25) is 4.79 Å². The molecule has 0 atom stereocenters. The minimum absolute atomic E-state index is 0.0217. The van der Waals surface area contributed by atoms with Gasteiger partial charge in [0.2, 0.25) is 15.9 Å². The van der Waals surface area contributed by atoms with Crippen LogP contribution in [0.3, 0.4) is 0 Å². The van der Waals surface area contributed by atoms with E-state index < -0.39 is 10.0 Å². The van der Waals surface area contributed by atoms with Crippen LogP contribution in [0.4, 0.5) is 0 Å². The van der Waals surface area contributed by atoms with Crippen LogP contribution in [0.25, 0.3) is 0 Å². The predicted octanol–water partition coefficient (Wildman–Crippen LogP) is 3.13. The van der Waals surface area contributed by atoms with Crippen molar-refractivity contribution in [1.29, 1.82) is 0 Å². The van der Waals surface area contributed by atoms with Crippen LogP contribution in [-0.4, -0.2) is 38.9 Å². The molecule has 1 aromatic carbocycles. The molecular weight excluding hydrogens is 324 g/mol. The number of carbonyl (C=O) groups excluding carboxylic acids is 1. The molecule has 1 aromatic rings. The van der Waals surface area contributed by atoms with Crippen molar-refractivity contribution in [1.82, 2.24) is 9.62 Å². The monoisotopic (exact) mass is 354 g/mol. The fraction of sp³-hybridized carbons (Fsp3) is 0.611. The highest BCUT2D eigenvalue weighted by Crippen LogP contribution is 2.17. The van der Waals surface area contributed by atoms with Crippen LogP contribution < -0.4 is 4.72 Å². The Labute approximate surface area is 146 Å². The average Bonchev–Trinajstić information content (AvgIpc) is 2.53. The molecule has 0 bridgehead atoms. The van der Waals surface area contributed by atoms with E-state index in [9.17, 15) is 13.2 Å². The smallest absolute Gasteiger partial charge is 0.240 e. The number of rotatable bonds is 10. The molecule has 0 aromatic heterocycles. The largest absolute Gasteiger partial charge is 0.342 e. The van der Waals surface area contributed by atoms with Crippen LogP contribution in [0, 0.1) is 0 Å². The standard InChI is InChI=1S/C18H30N2O3S/c1-5-6-7-13-20(16(4)21)14-12-19-24(22,23)18-10-8-17(9-11-18)15(2)3/h8-11,15,19H,5-7,12-14H2,1-4H3. The molecular formula is C18H30N2O3S. The van der Waals surface area contributed by atoms with Crippen molar-refractivity contribution in [2.45, 2.75) is 57.8 Å². The molecule has 0 spiro atoms. The van der Waals surface area contributed by atoms with E-state index >= 15 is 0 Å². The van der Waals surface area contributed by atoms with Crippen molar-refractivity contribution in [3.8, 4) is 0 Å². The quantitative estimate of drug-likeness (QED) is 0.657. The molecule has 24 heavy (non-hydrogen) atoms. The Morgan fingerprint density at radius 1 is 1.12 bits per heavy atom. The Morgan fingerprint density at radius 2 is 1.75 bits per heavy atom. The zero-order valence-corrected chi connectivity index (χ0v) is 16.0. The van der Waals surface area contributed by atoms with Crippen molar-refractivity contribution in [2.75, 3.05) is 19.6 Å². The summed E-state index contributed by atoms with van der Waals surface area (Å²) in [6, 6.07) is 6.93. The Morgan fingerprint density at radius 3 is 2.25 bits per heavy atom. The Balaban J connectivity index is 2.59. The highest BCUT2D eigenvalue weighted by Gasteiger charge is 2.15. The van der Waals surface area contributed by atoms with Gasteiger partial charge in [-0.1, -0.05) is 45.7 Å². The number of sulfonamides is 1. The fourth-order valence-corrected chi connectivity index (χ4v) is 3.43. The van der Waals surface area contributed by atoms with E-state index in [0.717, 1.165) is 24.8 Å². The minimum Gasteiger partial charge on any atom is -0.342 e. The molecule has 0 saturated carbocycles. The third-order valence-electron chi connectivity index (χ3n) is 4.01. The van der Waals surface area contributed by atoms with Crippen molar-refractivity contribution >= 4 is 15.9 Å². The van der Waals surface area contributed by atoms with Crippen LogP contribution in [0.15, 0.2) is 29.2 Å². The van der Waals surface area contributed by atoms with Gasteiger partial charge in [0.15, 0.2) is 0 Å². The van der Waals surface area contributed by atoms with Crippen LogP contribution in [0.1, 0.15) is 58.4 Å². The van der Waals surface area contributed by atoms with Crippen molar-refractivity contribution < 1.29 is 13.2 Å². The third kappa shape index (κ3) is 6.61. The van der Waals surface area contributed by atoms with Gasteiger partial charge in [-0.05, 0) is 30.0 Å². The molecule has 0 aliphatic rings. The van der Waals surface area contributed by atoms with Gasteiger partial charge in [-0.25, -0.2) is 13.1 Å². The number of hydrogen-bond acceptors (Lipinski definition) is 3. The SMILES string of the molecule is CCCCCN(CCNS(=O)(=O)c1ccc(C(C)C)cc1)C(C)=O. The summed E-state index contributed by atoms with van der Waals surface area (Å²) in [5.41, 5.74) is 1.10. The lowest BCUT2D eigenvalue weighted by molar-refractivity contribution is -0.128. The lowest BCUT2D eigenvalue weighted by atomic mass is 10.0. The Hall–Kier alpha value is -1.40. The first-order valence-corrected chi connectivity index (χ1v) is 10.1. The summed E-state index contributed by atoms with van der Waals surface area (Å²) < 4.78 is 27.2. The number of unbranched alkanes of at least 4 members (excludes halogenated alkanes) is 2. The highest BCUT2D eigenvalue weighted by atomic mass is 32.2. The van der Waals surface area contributed by atoms with E-state index in [2.05, 4.69) is 25.5 Å². The zero-order valence-electron chi connectivity index (χ0n) is 15.2. The first-order chi connectivity index (χ1) is 11.3. The van der Waals surface area contributed by atoms with Gasteiger partial charge < -0.3 is 4.90 Å². The number of hydrogen-bond donors (Lipinski definition) is 1. The predicted molar refractivity (Wildman–Crippen MR) is 97.5 cm³/mol. The van der Waals surface area contributed by atoms with Crippen LogP contribution >= 0.6 is 0 Å². The highest BCUT2D eigenvalue weighted by molar-refractivity contribution is 7.89. The summed E-state index contributed by atoms with van der Waals surface area (Å²) >= 11 is 0. The summed E-state index contributed by atoms with van der Waals surface area (Å²) in [6.07, 6.45) is 3.10. The molecule has 1 N–H and O–H groups in total. The summed E-state index contributed by atoms with van der Waals surface area (Å²) in [5.74, 6) is 0.341. The van der Waals surface area contributed by atoms with Gasteiger partial charge in [0, 0.05) is 26.6 Å². The van der Waals surface area contributed by atoms with E-state index in [4.69, 9.17) is 0 Å². The molecule has 0 unspecified atom stereocenters. The fourth-order valence-electron chi connectivity index (χ4n) is 2.41. The molecule has 0 fully saturated rings. The summed E-state index contributed by atoms with van der Waals surface area (Å²) in [5, 5.41) is 0. The summed E-state index contributed by atoms with van der Waals surface area (Å²) in [6.45, 7) is 9.05. The lowest BCUT2D eigenvalue weighted by Gasteiger charge is -2.21. The lowest BCUT2D eigenvalue weighted by Crippen LogP contribution is -2.38. The van der Waals surface area contributed by atoms with Gasteiger partial charge in [0.05, 0.1) is 4.90 Å². The first-order valence-electron chi connectivity index (χ1n) is 8.63.